The van der Waals surface area contributed by atoms with Crippen molar-refractivity contribution in [2.24, 2.45) is 0 Å². The SMILES string of the molecule is FC(F)(F)c1ccc(Nc2ccccc2C#CBr)cc1. The molecule has 0 saturated heterocycles. The van der Waals surface area contributed by atoms with Gasteiger partial charge in [-0.25, -0.2) is 0 Å². The Bertz CT molecular complexity index is 651. The van der Waals surface area contributed by atoms with E-state index in [9.17, 15) is 13.2 Å². The number of hydrogen-bond acceptors (Lipinski definition) is 1. The molecule has 1 nitrogen and oxygen atoms in total. The van der Waals surface area contributed by atoms with E-state index in [0.29, 0.717) is 5.69 Å². The summed E-state index contributed by atoms with van der Waals surface area (Å²) >= 11 is 3.02. The summed E-state index contributed by atoms with van der Waals surface area (Å²) in [4.78, 5) is 2.61. The number of halogens is 4. The maximum Gasteiger partial charge on any atom is 0.416 e. The van der Waals surface area contributed by atoms with Crippen LogP contribution in [-0.2, 0) is 6.18 Å². The van der Waals surface area contributed by atoms with Gasteiger partial charge in [-0.1, -0.05) is 18.1 Å². The average molecular weight is 340 g/mol. The summed E-state index contributed by atoms with van der Waals surface area (Å²) in [5.41, 5.74) is 1.39. The number of rotatable bonds is 2. The molecule has 0 aliphatic heterocycles. The molecule has 5 heteroatoms. The highest BCUT2D eigenvalue weighted by molar-refractivity contribution is 9.12. The molecule has 0 radical (unpaired) electrons. The van der Waals surface area contributed by atoms with Crippen LogP contribution in [0.3, 0.4) is 0 Å². The van der Waals surface area contributed by atoms with Crippen LogP contribution in [0.4, 0.5) is 24.5 Å². The van der Waals surface area contributed by atoms with E-state index in [2.05, 4.69) is 32.0 Å². The highest BCUT2D eigenvalue weighted by atomic mass is 79.9. The highest BCUT2D eigenvalue weighted by Crippen LogP contribution is 2.30. The number of alkyl halides is 3. The first-order valence-corrected chi connectivity index (χ1v) is 6.45. The van der Waals surface area contributed by atoms with E-state index in [4.69, 9.17) is 0 Å². The van der Waals surface area contributed by atoms with Crippen LogP contribution in [0.25, 0.3) is 0 Å². The van der Waals surface area contributed by atoms with Gasteiger partial charge in [-0.05, 0) is 41.2 Å². The summed E-state index contributed by atoms with van der Waals surface area (Å²) in [6.07, 6.45) is -4.32. The molecule has 2 rings (SSSR count). The predicted octanol–water partition coefficient (Wildman–Crippen LogP) is 5.15. The summed E-state index contributed by atoms with van der Waals surface area (Å²) in [7, 11) is 0. The second-order valence-corrected chi connectivity index (χ2v) is 4.36. The number of para-hydroxylation sites is 1. The third kappa shape index (κ3) is 3.55. The van der Waals surface area contributed by atoms with Crippen molar-refractivity contribution in [1.82, 2.24) is 0 Å². The molecule has 0 bridgehead atoms. The van der Waals surface area contributed by atoms with Crippen LogP contribution in [-0.4, -0.2) is 0 Å². The van der Waals surface area contributed by atoms with Crippen LogP contribution in [0.1, 0.15) is 11.1 Å². The van der Waals surface area contributed by atoms with E-state index < -0.39 is 11.7 Å². The second kappa shape index (κ2) is 6.02. The first kappa shape index (κ1) is 14.5. The molecule has 2 aromatic rings. The lowest BCUT2D eigenvalue weighted by Crippen LogP contribution is -2.04. The minimum Gasteiger partial charge on any atom is -0.355 e. The highest BCUT2D eigenvalue weighted by Gasteiger charge is 2.29. The van der Waals surface area contributed by atoms with Gasteiger partial charge in [0.1, 0.15) is 0 Å². The second-order valence-electron chi connectivity index (χ2n) is 3.97. The van der Waals surface area contributed by atoms with E-state index in [1.807, 2.05) is 24.3 Å². The van der Waals surface area contributed by atoms with Crippen molar-refractivity contribution in [2.45, 2.75) is 6.18 Å². The van der Waals surface area contributed by atoms with Crippen LogP contribution in [0.2, 0.25) is 0 Å². The fraction of sp³-hybridized carbons (Fsp3) is 0.0667. The van der Waals surface area contributed by atoms with Crippen LogP contribution in [0.15, 0.2) is 48.5 Å². The zero-order chi connectivity index (χ0) is 14.6. The topological polar surface area (TPSA) is 12.0 Å². The molecule has 1 N–H and O–H groups in total. The molecule has 0 aromatic heterocycles. The molecule has 0 heterocycles. The summed E-state index contributed by atoms with van der Waals surface area (Å²) in [6.45, 7) is 0. The van der Waals surface area contributed by atoms with E-state index >= 15 is 0 Å². The summed E-state index contributed by atoms with van der Waals surface area (Å²) in [6, 6.07) is 12.2. The lowest BCUT2D eigenvalue weighted by molar-refractivity contribution is -0.137. The Morgan fingerprint density at radius 3 is 2.20 bits per heavy atom. The number of benzene rings is 2. The van der Waals surface area contributed by atoms with Crippen molar-refractivity contribution in [1.29, 1.82) is 0 Å². The zero-order valence-electron chi connectivity index (χ0n) is 10.1. The van der Waals surface area contributed by atoms with Crippen LogP contribution in [0.5, 0.6) is 0 Å². The Kier molecular flexibility index (Phi) is 4.35. The minimum atomic E-state index is -4.32. The monoisotopic (exact) mass is 339 g/mol. The zero-order valence-corrected chi connectivity index (χ0v) is 11.7. The normalized spacial score (nSPS) is 10.6. The van der Waals surface area contributed by atoms with Gasteiger partial charge in [0.05, 0.1) is 11.3 Å². The molecule has 102 valence electrons. The fourth-order valence-corrected chi connectivity index (χ4v) is 1.86. The number of anilines is 2. The molecular formula is C15H9BrF3N. The Hall–Kier alpha value is -1.93. The van der Waals surface area contributed by atoms with Crippen molar-refractivity contribution in [3.63, 3.8) is 0 Å². The Labute approximate surface area is 122 Å². The Morgan fingerprint density at radius 1 is 0.950 bits per heavy atom. The quantitative estimate of drug-likeness (QED) is 0.746. The molecule has 0 aliphatic carbocycles. The van der Waals surface area contributed by atoms with Crippen molar-refractivity contribution in [2.75, 3.05) is 5.32 Å². The molecule has 0 fully saturated rings. The van der Waals surface area contributed by atoms with Gasteiger partial charge in [-0.3, -0.25) is 0 Å². The number of nitrogens with one attached hydrogen (secondary N) is 1. The van der Waals surface area contributed by atoms with Crippen molar-refractivity contribution >= 4 is 27.3 Å². The summed E-state index contributed by atoms with van der Waals surface area (Å²) in [5, 5.41) is 3.05. The summed E-state index contributed by atoms with van der Waals surface area (Å²) in [5.74, 6) is 2.86. The smallest absolute Gasteiger partial charge is 0.355 e. The van der Waals surface area contributed by atoms with Gasteiger partial charge in [0.25, 0.3) is 0 Å². The van der Waals surface area contributed by atoms with Gasteiger partial charge >= 0.3 is 6.18 Å². The largest absolute Gasteiger partial charge is 0.416 e. The maximum absolute atomic E-state index is 12.5. The van der Waals surface area contributed by atoms with Gasteiger partial charge in [0, 0.05) is 27.2 Å². The van der Waals surface area contributed by atoms with Crippen molar-refractivity contribution in [3.8, 4) is 10.8 Å². The van der Waals surface area contributed by atoms with Gasteiger partial charge in [0.15, 0.2) is 0 Å². The standard InChI is InChI=1S/C15H9BrF3N/c16-10-9-11-3-1-2-4-14(11)20-13-7-5-12(6-8-13)15(17,18)19/h1-8,20H. The van der Waals surface area contributed by atoms with Crippen molar-refractivity contribution in [3.05, 3.63) is 59.7 Å². The molecule has 0 spiro atoms. The van der Waals surface area contributed by atoms with E-state index in [1.165, 1.54) is 12.1 Å². The third-order valence-corrected chi connectivity index (χ3v) is 2.80. The lowest BCUT2D eigenvalue weighted by atomic mass is 10.1. The van der Waals surface area contributed by atoms with Gasteiger partial charge in [-0.15, -0.1) is 0 Å². The molecule has 0 atom stereocenters. The van der Waals surface area contributed by atoms with Gasteiger partial charge in [0.2, 0.25) is 0 Å². The van der Waals surface area contributed by atoms with Crippen LogP contribution < -0.4 is 5.32 Å². The Balaban J connectivity index is 2.24. The minimum absolute atomic E-state index is 0.571. The molecular weight excluding hydrogens is 331 g/mol. The first-order chi connectivity index (χ1) is 9.50. The molecule has 2 aromatic carbocycles. The molecule has 0 saturated carbocycles. The van der Waals surface area contributed by atoms with E-state index in [-0.39, 0.29) is 0 Å². The van der Waals surface area contributed by atoms with Crippen molar-refractivity contribution < 1.29 is 13.2 Å². The maximum atomic E-state index is 12.5. The van der Waals surface area contributed by atoms with E-state index in [1.54, 1.807) is 0 Å². The Morgan fingerprint density at radius 2 is 1.60 bits per heavy atom. The lowest BCUT2D eigenvalue weighted by Gasteiger charge is -2.10. The average Bonchev–Trinajstić information content (AvgIpc) is 2.41. The predicted molar refractivity (Wildman–Crippen MR) is 77.0 cm³/mol. The molecule has 0 aliphatic rings. The van der Waals surface area contributed by atoms with Crippen LogP contribution >= 0.6 is 15.9 Å². The molecule has 0 unspecified atom stereocenters. The first-order valence-electron chi connectivity index (χ1n) is 5.65. The third-order valence-electron chi connectivity index (χ3n) is 2.60. The molecule has 20 heavy (non-hydrogen) atoms. The molecule has 0 amide bonds. The van der Waals surface area contributed by atoms with Gasteiger partial charge in [-0.2, -0.15) is 13.2 Å². The summed E-state index contributed by atoms with van der Waals surface area (Å²) < 4.78 is 37.4. The fourth-order valence-electron chi connectivity index (χ4n) is 1.65. The van der Waals surface area contributed by atoms with E-state index in [0.717, 1.165) is 23.4 Å². The van der Waals surface area contributed by atoms with Gasteiger partial charge < -0.3 is 5.32 Å². The van der Waals surface area contributed by atoms with Crippen LogP contribution in [0, 0.1) is 10.8 Å². The number of hydrogen-bond donors (Lipinski definition) is 1.